The Morgan fingerprint density at radius 1 is 1.08 bits per heavy atom. The van der Waals surface area contributed by atoms with Gasteiger partial charge in [0.15, 0.2) is 0 Å². The Balaban J connectivity index is 1.56. The third kappa shape index (κ3) is 3.81. The van der Waals surface area contributed by atoms with Crippen LogP contribution in [0.3, 0.4) is 0 Å². The predicted molar refractivity (Wildman–Crippen MR) is 94.4 cm³/mol. The quantitative estimate of drug-likeness (QED) is 0.810. The van der Waals surface area contributed by atoms with Gasteiger partial charge in [0.05, 0.1) is 12.2 Å². The molecule has 1 aliphatic heterocycles. The Labute approximate surface area is 144 Å². The molecule has 0 unspecified atom stereocenters. The maximum Gasteiger partial charge on any atom is 0.227 e. The third-order valence-electron chi connectivity index (χ3n) is 4.97. The number of fused-ring (bicyclic) bond motifs is 1. The van der Waals surface area contributed by atoms with Crippen molar-refractivity contribution in [1.29, 1.82) is 0 Å². The van der Waals surface area contributed by atoms with Gasteiger partial charge in [-0.15, -0.1) is 0 Å². The maximum absolute atomic E-state index is 12.5. The van der Waals surface area contributed by atoms with Gasteiger partial charge in [0.25, 0.3) is 0 Å². The molecule has 1 aliphatic carbocycles. The summed E-state index contributed by atoms with van der Waals surface area (Å²) in [6.07, 6.45) is 4.51. The van der Waals surface area contributed by atoms with Gasteiger partial charge in [-0.05, 0) is 42.4 Å². The number of aryl methyl sites for hydroxylation is 2. The zero-order valence-electron chi connectivity index (χ0n) is 14.3. The minimum Gasteiger partial charge on any atom is -0.340 e. The fourth-order valence-corrected chi connectivity index (χ4v) is 5.12. The van der Waals surface area contributed by atoms with E-state index in [4.69, 9.17) is 0 Å². The topological polar surface area (TPSA) is 57.7 Å². The van der Waals surface area contributed by atoms with E-state index < -0.39 is 10.0 Å². The molecular formula is C18H26N2O3S. The van der Waals surface area contributed by atoms with Crippen LogP contribution in [0, 0.1) is 0 Å². The van der Waals surface area contributed by atoms with E-state index in [2.05, 4.69) is 18.2 Å². The van der Waals surface area contributed by atoms with Crippen molar-refractivity contribution in [2.24, 2.45) is 0 Å². The van der Waals surface area contributed by atoms with E-state index in [0.717, 1.165) is 18.4 Å². The second-order valence-corrected chi connectivity index (χ2v) is 8.82. The van der Waals surface area contributed by atoms with Crippen molar-refractivity contribution in [1.82, 2.24) is 9.21 Å². The number of amides is 1. The number of hydrogen-bond acceptors (Lipinski definition) is 3. The lowest BCUT2D eigenvalue weighted by molar-refractivity contribution is -0.131. The summed E-state index contributed by atoms with van der Waals surface area (Å²) in [7, 11) is -3.15. The Hall–Kier alpha value is -1.40. The molecule has 0 N–H and O–H groups in total. The zero-order chi connectivity index (χ0) is 17.2. The molecule has 1 aromatic carbocycles. The van der Waals surface area contributed by atoms with Gasteiger partial charge in [0, 0.05) is 26.2 Å². The normalized spacial score (nSPS) is 18.6. The average Bonchev–Trinajstić information content (AvgIpc) is 3.02. The van der Waals surface area contributed by atoms with E-state index in [9.17, 15) is 13.2 Å². The van der Waals surface area contributed by atoms with Gasteiger partial charge in [0.2, 0.25) is 15.9 Å². The highest BCUT2D eigenvalue weighted by atomic mass is 32.2. The lowest BCUT2D eigenvalue weighted by Crippen LogP contribution is -2.51. The first kappa shape index (κ1) is 17.4. The van der Waals surface area contributed by atoms with Crippen LogP contribution >= 0.6 is 0 Å². The molecule has 1 saturated heterocycles. The number of hydrogen-bond donors (Lipinski definition) is 0. The molecule has 2 aliphatic rings. The summed E-state index contributed by atoms with van der Waals surface area (Å²) in [6, 6.07) is 6.38. The summed E-state index contributed by atoms with van der Waals surface area (Å²) in [5.74, 6) is 0.288. The van der Waals surface area contributed by atoms with Gasteiger partial charge in [-0.25, -0.2) is 8.42 Å². The standard InChI is InChI=1S/C18H26N2O3S/c1-2-12-24(22,23)20-10-8-19(9-11-20)18(21)14-15-6-7-16-4-3-5-17(16)13-15/h6-7,13H,2-5,8-12,14H2,1H3. The summed E-state index contributed by atoms with van der Waals surface area (Å²) in [5.41, 5.74) is 3.87. The zero-order valence-corrected chi connectivity index (χ0v) is 15.1. The monoisotopic (exact) mass is 350 g/mol. The average molecular weight is 350 g/mol. The number of carbonyl (C=O) groups is 1. The second-order valence-electron chi connectivity index (χ2n) is 6.73. The Kier molecular flexibility index (Phi) is 5.25. The molecule has 0 bridgehead atoms. The smallest absolute Gasteiger partial charge is 0.227 e. The molecular weight excluding hydrogens is 324 g/mol. The highest BCUT2D eigenvalue weighted by Crippen LogP contribution is 2.23. The fraction of sp³-hybridized carbons (Fsp3) is 0.611. The number of piperazine rings is 1. The van der Waals surface area contributed by atoms with Gasteiger partial charge in [-0.3, -0.25) is 4.79 Å². The first-order valence-corrected chi connectivity index (χ1v) is 10.5. The molecule has 24 heavy (non-hydrogen) atoms. The van der Waals surface area contributed by atoms with Crippen molar-refractivity contribution in [3.05, 3.63) is 34.9 Å². The molecule has 0 atom stereocenters. The van der Waals surface area contributed by atoms with Gasteiger partial charge in [-0.1, -0.05) is 25.1 Å². The van der Waals surface area contributed by atoms with Gasteiger partial charge < -0.3 is 4.90 Å². The molecule has 0 spiro atoms. The van der Waals surface area contributed by atoms with Crippen LogP contribution in [0.5, 0.6) is 0 Å². The highest BCUT2D eigenvalue weighted by molar-refractivity contribution is 7.89. The van der Waals surface area contributed by atoms with Crippen LogP contribution in [0.4, 0.5) is 0 Å². The minimum absolute atomic E-state index is 0.0977. The van der Waals surface area contributed by atoms with Crippen LogP contribution in [0.1, 0.15) is 36.5 Å². The van der Waals surface area contributed by atoms with E-state index in [1.807, 2.05) is 6.92 Å². The summed E-state index contributed by atoms with van der Waals surface area (Å²) in [5, 5.41) is 0. The van der Waals surface area contributed by atoms with Crippen molar-refractivity contribution < 1.29 is 13.2 Å². The van der Waals surface area contributed by atoms with E-state index in [1.165, 1.54) is 21.9 Å². The lowest BCUT2D eigenvalue weighted by atomic mass is 10.0. The molecule has 1 heterocycles. The summed E-state index contributed by atoms with van der Waals surface area (Å²) in [6.45, 7) is 3.68. The van der Waals surface area contributed by atoms with E-state index in [1.54, 1.807) is 4.90 Å². The van der Waals surface area contributed by atoms with Gasteiger partial charge in [0.1, 0.15) is 0 Å². The van der Waals surface area contributed by atoms with Crippen LogP contribution in [0.15, 0.2) is 18.2 Å². The molecule has 3 rings (SSSR count). The van der Waals surface area contributed by atoms with Crippen molar-refractivity contribution in [2.75, 3.05) is 31.9 Å². The number of carbonyl (C=O) groups excluding carboxylic acids is 1. The van der Waals surface area contributed by atoms with E-state index in [0.29, 0.717) is 39.0 Å². The molecule has 132 valence electrons. The lowest BCUT2D eigenvalue weighted by Gasteiger charge is -2.34. The number of nitrogens with zero attached hydrogens (tertiary/aromatic N) is 2. The Morgan fingerprint density at radius 2 is 1.79 bits per heavy atom. The number of sulfonamides is 1. The first-order chi connectivity index (χ1) is 11.5. The van der Waals surface area contributed by atoms with Gasteiger partial charge >= 0.3 is 0 Å². The highest BCUT2D eigenvalue weighted by Gasteiger charge is 2.28. The van der Waals surface area contributed by atoms with Crippen molar-refractivity contribution >= 4 is 15.9 Å². The molecule has 5 nitrogen and oxygen atoms in total. The molecule has 0 saturated carbocycles. The second kappa shape index (κ2) is 7.23. The molecule has 1 fully saturated rings. The van der Waals surface area contributed by atoms with E-state index >= 15 is 0 Å². The number of rotatable bonds is 5. The summed E-state index contributed by atoms with van der Waals surface area (Å²) in [4.78, 5) is 14.3. The van der Waals surface area contributed by atoms with Crippen LogP contribution in [-0.4, -0.2) is 55.5 Å². The SMILES string of the molecule is CCCS(=O)(=O)N1CCN(C(=O)Cc2ccc3c(c2)CCC3)CC1. The van der Waals surface area contributed by atoms with Crippen LogP contribution in [-0.2, 0) is 34.1 Å². The van der Waals surface area contributed by atoms with Crippen molar-refractivity contribution in [3.63, 3.8) is 0 Å². The minimum atomic E-state index is -3.15. The fourth-order valence-electron chi connectivity index (χ4n) is 3.62. The molecule has 6 heteroatoms. The summed E-state index contributed by atoms with van der Waals surface area (Å²) >= 11 is 0. The molecule has 1 aromatic rings. The number of benzene rings is 1. The molecule has 1 amide bonds. The Bertz CT molecular complexity index is 707. The van der Waals surface area contributed by atoms with Crippen molar-refractivity contribution in [3.8, 4) is 0 Å². The predicted octanol–water partition coefficient (Wildman–Crippen LogP) is 1.60. The summed E-state index contributed by atoms with van der Waals surface area (Å²) < 4.78 is 25.7. The molecule has 0 aromatic heterocycles. The Morgan fingerprint density at radius 3 is 2.50 bits per heavy atom. The third-order valence-corrected chi connectivity index (χ3v) is 7.04. The molecule has 0 radical (unpaired) electrons. The maximum atomic E-state index is 12.5. The van der Waals surface area contributed by atoms with Gasteiger partial charge in [-0.2, -0.15) is 4.31 Å². The first-order valence-electron chi connectivity index (χ1n) is 8.86. The van der Waals surface area contributed by atoms with Crippen LogP contribution < -0.4 is 0 Å². The van der Waals surface area contributed by atoms with Crippen molar-refractivity contribution in [2.45, 2.75) is 39.0 Å². The van der Waals surface area contributed by atoms with Crippen LogP contribution in [0.25, 0.3) is 0 Å². The van der Waals surface area contributed by atoms with E-state index in [-0.39, 0.29) is 11.7 Å². The van der Waals surface area contributed by atoms with Crippen LogP contribution in [0.2, 0.25) is 0 Å². The largest absolute Gasteiger partial charge is 0.340 e.